The molecular weight excluding hydrogens is 326 g/mol. The minimum absolute atomic E-state index is 0.101. The van der Waals surface area contributed by atoms with E-state index in [4.69, 9.17) is 0 Å². The molecular formula is C17H21N3OS2. The van der Waals surface area contributed by atoms with Gasteiger partial charge in [0.05, 0.1) is 6.54 Å². The van der Waals surface area contributed by atoms with Crippen LogP contribution in [0.15, 0.2) is 35.8 Å². The van der Waals surface area contributed by atoms with Gasteiger partial charge < -0.3 is 0 Å². The van der Waals surface area contributed by atoms with Gasteiger partial charge in [-0.1, -0.05) is 29.8 Å². The predicted octanol–water partition coefficient (Wildman–Crippen LogP) is 3.20. The molecule has 1 amide bonds. The highest BCUT2D eigenvalue weighted by Gasteiger charge is 2.27. The summed E-state index contributed by atoms with van der Waals surface area (Å²) >= 11 is 3.45. The Kier molecular flexibility index (Phi) is 5.35. The van der Waals surface area contributed by atoms with Gasteiger partial charge in [0.2, 0.25) is 5.91 Å². The highest BCUT2D eigenvalue weighted by atomic mass is 32.2. The monoisotopic (exact) mass is 347 g/mol. The van der Waals surface area contributed by atoms with E-state index in [9.17, 15) is 4.79 Å². The molecule has 0 radical (unpaired) electrons. The van der Waals surface area contributed by atoms with Gasteiger partial charge in [-0.2, -0.15) is 11.8 Å². The summed E-state index contributed by atoms with van der Waals surface area (Å²) in [6.07, 6.45) is 1.73. The SMILES string of the molecule is Cc1ccc([C@H]2CSCCN2CC(=O)N(C)c2nccs2)cc1. The van der Waals surface area contributed by atoms with Crippen molar-refractivity contribution in [3.63, 3.8) is 0 Å². The molecule has 2 heterocycles. The molecule has 0 saturated carbocycles. The molecule has 0 aliphatic carbocycles. The number of carbonyl (C=O) groups excluding carboxylic acids is 1. The lowest BCUT2D eigenvalue weighted by molar-refractivity contribution is -0.119. The number of benzene rings is 1. The molecule has 1 aromatic heterocycles. The molecule has 1 saturated heterocycles. The number of anilines is 1. The van der Waals surface area contributed by atoms with Crippen molar-refractivity contribution < 1.29 is 4.79 Å². The Balaban J connectivity index is 1.71. The van der Waals surface area contributed by atoms with Crippen molar-refractivity contribution in [1.82, 2.24) is 9.88 Å². The second-order valence-corrected chi connectivity index (χ2v) is 7.76. The third-order valence-electron chi connectivity index (χ3n) is 4.12. The second-order valence-electron chi connectivity index (χ2n) is 5.74. The summed E-state index contributed by atoms with van der Waals surface area (Å²) in [6.45, 7) is 3.49. The van der Waals surface area contributed by atoms with Gasteiger partial charge in [-0.3, -0.25) is 14.6 Å². The normalized spacial score (nSPS) is 18.8. The van der Waals surface area contributed by atoms with E-state index in [2.05, 4.69) is 41.1 Å². The number of aryl methyl sites for hydroxylation is 1. The number of carbonyl (C=O) groups is 1. The molecule has 6 heteroatoms. The van der Waals surface area contributed by atoms with Gasteiger partial charge in [0.25, 0.3) is 0 Å². The van der Waals surface area contributed by atoms with Gasteiger partial charge >= 0.3 is 0 Å². The number of hydrogen-bond donors (Lipinski definition) is 0. The number of thioether (sulfide) groups is 1. The van der Waals surface area contributed by atoms with Gasteiger partial charge in [-0.25, -0.2) is 4.98 Å². The fraction of sp³-hybridized carbons (Fsp3) is 0.412. The maximum atomic E-state index is 12.6. The van der Waals surface area contributed by atoms with Crippen LogP contribution in [-0.2, 0) is 4.79 Å². The van der Waals surface area contributed by atoms with E-state index in [1.165, 1.54) is 22.5 Å². The summed E-state index contributed by atoms with van der Waals surface area (Å²) in [5, 5.41) is 2.65. The lowest BCUT2D eigenvalue weighted by atomic mass is 10.0. The van der Waals surface area contributed by atoms with E-state index in [0.717, 1.165) is 23.2 Å². The first kappa shape index (κ1) is 16.5. The predicted molar refractivity (Wildman–Crippen MR) is 98.3 cm³/mol. The van der Waals surface area contributed by atoms with Crippen molar-refractivity contribution >= 4 is 34.1 Å². The van der Waals surface area contributed by atoms with Gasteiger partial charge in [0, 0.05) is 42.7 Å². The molecule has 1 aliphatic heterocycles. The molecule has 1 aliphatic rings. The number of aromatic nitrogens is 1. The van der Waals surface area contributed by atoms with Crippen molar-refractivity contribution in [3.8, 4) is 0 Å². The largest absolute Gasteiger partial charge is 0.290 e. The maximum absolute atomic E-state index is 12.6. The zero-order valence-corrected chi connectivity index (χ0v) is 15.1. The summed E-state index contributed by atoms with van der Waals surface area (Å²) in [6, 6.07) is 8.98. The number of nitrogens with zero attached hydrogens (tertiary/aromatic N) is 3. The van der Waals surface area contributed by atoms with Crippen molar-refractivity contribution in [1.29, 1.82) is 0 Å². The van der Waals surface area contributed by atoms with Crippen LogP contribution in [0.3, 0.4) is 0 Å². The van der Waals surface area contributed by atoms with Crippen LogP contribution in [0, 0.1) is 6.92 Å². The molecule has 2 aromatic rings. The van der Waals surface area contributed by atoms with Crippen LogP contribution in [0.25, 0.3) is 0 Å². The van der Waals surface area contributed by atoms with Crippen LogP contribution in [0.2, 0.25) is 0 Å². The third kappa shape index (κ3) is 3.94. The number of rotatable bonds is 4. The highest BCUT2D eigenvalue weighted by molar-refractivity contribution is 7.99. The smallest absolute Gasteiger partial charge is 0.242 e. The van der Waals surface area contributed by atoms with Gasteiger partial charge in [0.1, 0.15) is 0 Å². The summed E-state index contributed by atoms with van der Waals surface area (Å²) in [7, 11) is 1.81. The van der Waals surface area contributed by atoms with Crippen molar-refractivity contribution in [2.24, 2.45) is 0 Å². The van der Waals surface area contributed by atoms with E-state index in [0.29, 0.717) is 12.6 Å². The van der Waals surface area contributed by atoms with E-state index in [1.54, 1.807) is 18.1 Å². The van der Waals surface area contributed by atoms with Crippen molar-refractivity contribution in [2.75, 3.05) is 36.5 Å². The Hall–Kier alpha value is -1.37. The Morgan fingerprint density at radius 1 is 1.39 bits per heavy atom. The van der Waals surface area contributed by atoms with Gasteiger partial charge in [-0.05, 0) is 12.5 Å². The summed E-state index contributed by atoms with van der Waals surface area (Å²) in [5.41, 5.74) is 2.57. The molecule has 0 bridgehead atoms. The van der Waals surface area contributed by atoms with Crippen LogP contribution in [0.5, 0.6) is 0 Å². The Labute approximate surface area is 145 Å². The first-order valence-corrected chi connectivity index (χ1v) is 9.73. The number of hydrogen-bond acceptors (Lipinski definition) is 5. The van der Waals surface area contributed by atoms with Crippen LogP contribution >= 0.6 is 23.1 Å². The number of amides is 1. The summed E-state index contributed by atoms with van der Waals surface area (Å²) in [5.74, 6) is 2.22. The quantitative estimate of drug-likeness (QED) is 0.851. The van der Waals surface area contributed by atoms with Crippen LogP contribution in [0.1, 0.15) is 17.2 Å². The Morgan fingerprint density at radius 2 is 2.17 bits per heavy atom. The van der Waals surface area contributed by atoms with E-state index in [-0.39, 0.29) is 5.91 Å². The first-order valence-electron chi connectivity index (χ1n) is 7.69. The zero-order chi connectivity index (χ0) is 16.2. The van der Waals surface area contributed by atoms with Crippen molar-refractivity contribution in [2.45, 2.75) is 13.0 Å². The summed E-state index contributed by atoms with van der Waals surface area (Å²) < 4.78 is 0. The highest BCUT2D eigenvalue weighted by Crippen LogP contribution is 2.30. The molecule has 1 atom stereocenters. The van der Waals surface area contributed by atoms with Gasteiger partial charge in [0.15, 0.2) is 5.13 Å². The van der Waals surface area contributed by atoms with Crippen molar-refractivity contribution in [3.05, 3.63) is 47.0 Å². The molecule has 1 aromatic carbocycles. The lowest BCUT2D eigenvalue weighted by Gasteiger charge is -2.35. The number of thiazole rings is 1. The Morgan fingerprint density at radius 3 is 2.87 bits per heavy atom. The molecule has 4 nitrogen and oxygen atoms in total. The molecule has 0 spiro atoms. The van der Waals surface area contributed by atoms with Crippen LogP contribution < -0.4 is 4.90 Å². The fourth-order valence-electron chi connectivity index (χ4n) is 2.69. The molecule has 0 unspecified atom stereocenters. The average molecular weight is 348 g/mol. The van der Waals surface area contributed by atoms with E-state index in [1.807, 2.05) is 17.1 Å². The average Bonchev–Trinajstić information content (AvgIpc) is 3.10. The first-order chi connectivity index (χ1) is 11.1. The van der Waals surface area contributed by atoms with Gasteiger partial charge in [-0.15, -0.1) is 11.3 Å². The standard InChI is InChI=1S/C17H21N3OS2/c1-13-3-5-14(6-4-13)15-12-22-10-8-20(15)11-16(21)19(2)17-18-7-9-23-17/h3-7,9,15H,8,10-12H2,1-2H3/t15-/m1/s1. The second kappa shape index (κ2) is 7.47. The maximum Gasteiger partial charge on any atom is 0.242 e. The Bertz CT molecular complexity index is 642. The fourth-order valence-corrected chi connectivity index (χ4v) is 4.47. The minimum Gasteiger partial charge on any atom is -0.290 e. The molecule has 23 heavy (non-hydrogen) atoms. The van der Waals surface area contributed by atoms with E-state index < -0.39 is 0 Å². The van der Waals surface area contributed by atoms with E-state index >= 15 is 0 Å². The molecule has 1 fully saturated rings. The number of likely N-dealkylation sites (N-methyl/N-ethyl adjacent to an activating group) is 1. The third-order valence-corrected chi connectivity index (χ3v) is 5.99. The van der Waals surface area contributed by atoms with Crippen LogP contribution in [-0.4, -0.2) is 47.4 Å². The molecule has 122 valence electrons. The zero-order valence-electron chi connectivity index (χ0n) is 13.4. The van der Waals surface area contributed by atoms with Crippen LogP contribution in [0.4, 0.5) is 5.13 Å². The minimum atomic E-state index is 0.101. The molecule has 3 rings (SSSR count). The molecule has 0 N–H and O–H groups in total. The topological polar surface area (TPSA) is 36.4 Å². The lowest BCUT2D eigenvalue weighted by Crippen LogP contribution is -2.43. The summed E-state index contributed by atoms with van der Waals surface area (Å²) in [4.78, 5) is 20.8.